The number of ether oxygens (including phenoxy) is 2. The first-order valence-electron chi connectivity index (χ1n) is 6.22. The zero-order valence-electron chi connectivity index (χ0n) is 11.7. The molecule has 6 nitrogen and oxygen atoms in total. The van der Waals surface area contributed by atoms with Gasteiger partial charge in [0.15, 0.2) is 5.69 Å². The van der Waals surface area contributed by atoms with Gasteiger partial charge in [-0.1, -0.05) is 6.07 Å². The third-order valence-corrected chi connectivity index (χ3v) is 2.76. The van der Waals surface area contributed by atoms with Gasteiger partial charge in [-0.25, -0.2) is 4.79 Å². The van der Waals surface area contributed by atoms with E-state index >= 15 is 0 Å². The largest absolute Gasteiger partial charge is 0.497 e. The molecule has 1 heterocycles. The van der Waals surface area contributed by atoms with Gasteiger partial charge in [-0.05, 0) is 26.0 Å². The fourth-order valence-electron chi connectivity index (χ4n) is 1.80. The number of esters is 1. The van der Waals surface area contributed by atoms with Crippen LogP contribution in [0.25, 0.3) is 0 Å². The first kappa shape index (κ1) is 13.9. The maximum absolute atomic E-state index is 12.2. The van der Waals surface area contributed by atoms with E-state index in [1.54, 1.807) is 31.4 Å². The molecule has 0 aliphatic rings. The van der Waals surface area contributed by atoms with Crippen LogP contribution in [0.5, 0.6) is 11.5 Å². The Morgan fingerprint density at radius 3 is 2.70 bits per heavy atom. The molecule has 2 N–H and O–H groups in total. The van der Waals surface area contributed by atoms with Crippen molar-refractivity contribution in [2.45, 2.75) is 19.9 Å². The summed E-state index contributed by atoms with van der Waals surface area (Å²) in [6, 6.07) is 6.83. The Labute approximate surface area is 117 Å². The fraction of sp³-hybridized carbons (Fsp3) is 0.286. The lowest BCUT2D eigenvalue weighted by Crippen LogP contribution is -2.18. The Bertz CT molecular complexity index is 620. The van der Waals surface area contributed by atoms with Gasteiger partial charge in [0.05, 0.1) is 19.0 Å². The minimum atomic E-state index is -0.540. The van der Waals surface area contributed by atoms with Gasteiger partial charge < -0.3 is 15.2 Å². The molecular weight excluding hydrogens is 258 g/mol. The molecule has 106 valence electrons. The molecule has 0 spiro atoms. The van der Waals surface area contributed by atoms with Gasteiger partial charge in [0.25, 0.3) is 0 Å². The van der Waals surface area contributed by atoms with E-state index in [9.17, 15) is 4.79 Å². The average Bonchev–Trinajstić information content (AvgIpc) is 2.81. The summed E-state index contributed by atoms with van der Waals surface area (Å²) in [4.78, 5) is 12.2. The smallest absolute Gasteiger partial charge is 0.364 e. The highest BCUT2D eigenvalue weighted by atomic mass is 16.5. The highest BCUT2D eigenvalue weighted by Crippen LogP contribution is 2.22. The van der Waals surface area contributed by atoms with Crippen LogP contribution in [0.15, 0.2) is 30.5 Å². The van der Waals surface area contributed by atoms with Gasteiger partial charge >= 0.3 is 5.97 Å². The van der Waals surface area contributed by atoms with Crippen molar-refractivity contribution in [2.75, 3.05) is 12.8 Å². The van der Waals surface area contributed by atoms with Crippen molar-refractivity contribution in [2.24, 2.45) is 0 Å². The number of benzene rings is 1. The van der Waals surface area contributed by atoms with Gasteiger partial charge in [0.1, 0.15) is 11.5 Å². The zero-order valence-corrected chi connectivity index (χ0v) is 11.7. The van der Waals surface area contributed by atoms with Crippen molar-refractivity contribution in [1.29, 1.82) is 0 Å². The van der Waals surface area contributed by atoms with E-state index in [1.807, 2.05) is 13.8 Å². The van der Waals surface area contributed by atoms with Crippen LogP contribution < -0.4 is 15.2 Å². The molecule has 2 rings (SSSR count). The van der Waals surface area contributed by atoms with Gasteiger partial charge in [0, 0.05) is 12.1 Å². The summed E-state index contributed by atoms with van der Waals surface area (Å²) in [7, 11) is 1.55. The van der Waals surface area contributed by atoms with Gasteiger partial charge in [-0.2, -0.15) is 5.10 Å². The number of nitrogens with zero attached hydrogens (tertiary/aromatic N) is 2. The molecule has 1 aromatic heterocycles. The van der Waals surface area contributed by atoms with Crippen LogP contribution in [0.3, 0.4) is 0 Å². The van der Waals surface area contributed by atoms with Crippen LogP contribution in [-0.4, -0.2) is 22.9 Å². The predicted octanol–water partition coefficient (Wildman–Crippen LogP) is 2.27. The summed E-state index contributed by atoms with van der Waals surface area (Å²) in [6.07, 6.45) is 1.45. The van der Waals surface area contributed by atoms with E-state index in [4.69, 9.17) is 15.2 Å². The molecule has 0 fully saturated rings. The SMILES string of the molecule is COc1cccc(OC(=O)c2c(N)cnn2C(C)C)c1. The second-order valence-electron chi connectivity index (χ2n) is 4.56. The van der Waals surface area contributed by atoms with Gasteiger partial charge in [0.2, 0.25) is 0 Å². The second-order valence-corrected chi connectivity index (χ2v) is 4.56. The van der Waals surface area contributed by atoms with Gasteiger partial charge in [-0.3, -0.25) is 4.68 Å². The number of anilines is 1. The lowest BCUT2D eigenvalue weighted by Gasteiger charge is -2.11. The van der Waals surface area contributed by atoms with Crippen LogP contribution in [0.1, 0.15) is 30.4 Å². The number of methoxy groups -OCH3 is 1. The normalized spacial score (nSPS) is 10.6. The molecule has 1 aromatic carbocycles. The number of aromatic nitrogens is 2. The maximum atomic E-state index is 12.2. The van der Waals surface area contributed by atoms with Crippen molar-refractivity contribution in [1.82, 2.24) is 9.78 Å². The van der Waals surface area contributed by atoms with E-state index in [0.717, 1.165) is 0 Å². The van der Waals surface area contributed by atoms with E-state index < -0.39 is 5.97 Å². The van der Waals surface area contributed by atoms with Crippen molar-refractivity contribution >= 4 is 11.7 Å². The van der Waals surface area contributed by atoms with E-state index in [0.29, 0.717) is 17.2 Å². The molecule has 0 aliphatic heterocycles. The molecule has 0 radical (unpaired) electrons. The number of hydrogen-bond acceptors (Lipinski definition) is 5. The summed E-state index contributed by atoms with van der Waals surface area (Å²) < 4.78 is 11.9. The Hall–Kier alpha value is -2.50. The van der Waals surface area contributed by atoms with Crippen molar-refractivity contribution < 1.29 is 14.3 Å². The van der Waals surface area contributed by atoms with Crippen LogP contribution >= 0.6 is 0 Å². The summed E-state index contributed by atoms with van der Waals surface area (Å²) >= 11 is 0. The molecule has 20 heavy (non-hydrogen) atoms. The molecule has 0 bridgehead atoms. The quantitative estimate of drug-likeness (QED) is 0.684. The van der Waals surface area contributed by atoms with Crippen molar-refractivity contribution in [3.8, 4) is 11.5 Å². The fourth-order valence-corrected chi connectivity index (χ4v) is 1.80. The highest BCUT2D eigenvalue weighted by molar-refractivity contribution is 5.94. The number of carbonyl (C=O) groups is 1. The lowest BCUT2D eigenvalue weighted by molar-refractivity contribution is 0.0720. The number of hydrogen-bond donors (Lipinski definition) is 1. The number of nitrogen functional groups attached to an aromatic ring is 1. The first-order valence-corrected chi connectivity index (χ1v) is 6.22. The second kappa shape index (κ2) is 5.64. The lowest BCUT2D eigenvalue weighted by atomic mass is 10.3. The Morgan fingerprint density at radius 2 is 2.05 bits per heavy atom. The van der Waals surface area contributed by atoms with Gasteiger partial charge in [-0.15, -0.1) is 0 Å². The molecule has 2 aromatic rings. The van der Waals surface area contributed by atoms with Crippen LogP contribution in [-0.2, 0) is 0 Å². The van der Waals surface area contributed by atoms with E-state index in [1.165, 1.54) is 10.9 Å². The third kappa shape index (κ3) is 2.74. The minimum absolute atomic E-state index is 0.0140. The third-order valence-electron chi connectivity index (χ3n) is 2.76. The van der Waals surface area contributed by atoms with Crippen LogP contribution in [0.2, 0.25) is 0 Å². The Balaban J connectivity index is 2.26. The monoisotopic (exact) mass is 275 g/mol. The maximum Gasteiger partial charge on any atom is 0.364 e. The number of rotatable bonds is 4. The van der Waals surface area contributed by atoms with Crippen LogP contribution in [0.4, 0.5) is 5.69 Å². The topological polar surface area (TPSA) is 79.4 Å². The first-order chi connectivity index (χ1) is 9.52. The predicted molar refractivity (Wildman–Crippen MR) is 75.0 cm³/mol. The molecule has 0 saturated heterocycles. The molecule has 0 amide bonds. The molecule has 6 heteroatoms. The molecule has 0 aliphatic carbocycles. The molecular formula is C14H17N3O3. The standard InChI is InChI=1S/C14H17N3O3/c1-9(2)17-13(12(15)8-16-17)14(18)20-11-6-4-5-10(7-11)19-3/h4-9H,15H2,1-3H3. The number of nitrogens with two attached hydrogens (primary N) is 1. The average molecular weight is 275 g/mol. The van der Waals surface area contributed by atoms with Crippen molar-refractivity contribution in [3.05, 3.63) is 36.2 Å². The summed E-state index contributed by atoms with van der Waals surface area (Å²) in [5, 5.41) is 4.08. The summed E-state index contributed by atoms with van der Waals surface area (Å²) in [5.41, 5.74) is 6.33. The minimum Gasteiger partial charge on any atom is -0.497 e. The van der Waals surface area contributed by atoms with Crippen molar-refractivity contribution in [3.63, 3.8) is 0 Å². The molecule has 0 unspecified atom stereocenters. The summed E-state index contributed by atoms with van der Waals surface area (Å²) in [6.45, 7) is 3.82. The van der Waals surface area contributed by atoms with Crippen LogP contribution in [0, 0.1) is 0 Å². The van der Waals surface area contributed by atoms with E-state index in [-0.39, 0.29) is 11.7 Å². The molecule has 0 saturated carbocycles. The number of carbonyl (C=O) groups excluding carboxylic acids is 1. The Kier molecular flexibility index (Phi) is 3.93. The molecule has 0 atom stereocenters. The Morgan fingerprint density at radius 1 is 1.35 bits per heavy atom. The summed E-state index contributed by atoms with van der Waals surface area (Å²) in [5.74, 6) is 0.466. The zero-order chi connectivity index (χ0) is 14.7. The highest BCUT2D eigenvalue weighted by Gasteiger charge is 2.20. The van der Waals surface area contributed by atoms with E-state index in [2.05, 4.69) is 5.10 Å².